The normalized spacial score (nSPS) is 16.6. The number of nitrogens with zero attached hydrogens (tertiary/aromatic N) is 1. The molecule has 0 aromatic heterocycles. The van der Waals surface area contributed by atoms with Gasteiger partial charge in [0.2, 0.25) is 5.91 Å². The van der Waals surface area contributed by atoms with E-state index >= 15 is 0 Å². The lowest BCUT2D eigenvalue weighted by Crippen LogP contribution is -2.60. The van der Waals surface area contributed by atoms with Crippen LogP contribution < -0.4 is 11.1 Å². The fraction of sp³-hybridized carbons (Fsp3) is 0.556. The Morgan fingerprint density at radius 1 is 1.17 bits per heavy atom. The predicted octanol–water partition coefficient (Wildman–Crippen LogP) is 2.57. The third kappa shape index (κ3) is 3.84. The molecule has 2 rings (SSSR count). The van der Waals surface area contributed by atoms with E-state index in [1.807, 2.05) is 18.7 Å². The third-order valence-electron chi connectivity index (χ3n) is 4.67. The Kier molecular flexibility index (Phi) is 5.64. The van der Waals surface area contributed by atoms with Crippen molar-refractivity contribution in [3.63, 3.8) is 0 Å². The van der Waals surface area contributed by atoms with Crippen molar-refractivity contribution in [3.8, 4) is 0 Å². The van der Waals surface area contributed by atoms with E-state index < -0.39 is 5.54 Å². The van der Waals surface area contributed by atoms with Gasteiger partial charge >= 0.3 is 0 Å². The maximum atomic E-state index is 13.0. The predicted molar refractivity (Wildman–Crippen MR) is 92.1 cm³/mol. The summed E-state index contributed by atoms with van der Waals surface area (Å²) in [6.45, 7) is 5.26. The Balaban J connectivity index is 2.24. The van der Waals surface area contributed by atoms with Gasteiger partial charge in [0, 0.05) is 24.3 Å². The van der Waals surface area contributed by atoms with Crippen LogP contribution in [-0.2, 0) is 4.79 Å². The minimum absolute atomic E-state index is 0.0412. The quantitative estimate of drug-likeness (QED) is 0.820. The topological polar surface area (TPSA) is 75.4 Å². The van der Waals surface area contributed by atoms with E-state index in [0.717, 1.165) is 19.3 Å². The molecule has 5 heteroatoms. The average Bonchev–Trinajstić information content (AvgIpc) is 2.56. The minimum atomic E-state index is -0.772. The summed E-state index contributed by atoms with van der Waals surface area (Å²) in [4.78, 5) is 27.4. The van der Waals surface area contributed by atoms with Crippen LogP contribution in [0.3, 0.4) is 0 Å². The number of carbonyl (C=O) groups is 2. The Morgan fingerprint density at radius 3 is 2.39 bits per heavy atom. The SMILES string of the molecule is CCN(CC)C(=O)C1(NC(=O)c2cccc(N)c2)CCCCC1. The largest absolute Gasteiger partial charge is 0.399 e. The number of nitrogen functional groups attached to an aromatic ring is 1. The van der Waals surface area contributed by atoms with Crippen LogP contribution in [0.4, 0.5) is 5.69 Å². The second kappa shape index (κ2) is 7.49. The van der Waals surface area contributed by atoms with Gasteiger partial charge in [-0.1, -0.05) is 25.3 Å². The van der Waals surface area contributed by atoms with Crippen LogP contribution >= 0.6 is 0 Å². The smallest absolute Gasteiger partial charge is 0.252 e. The Bertz CT molecular complexity index is 561. The van der Waals surface area contributed by atoms with Crippen LogP contribution in [0.2, 0.25) is 0 Å². The van der Waals surface area contributed by atoms with Crippen LogP contribution in [0, 0.1) is 0 Å². The van der Waals surface area contributed by atoms with Crippen molar-refractivity contribution in [1.82, 2.24) is 10.2 Å². The highest BCUT2D eigenvalue weighted by Crippen LogP contribution is 2.30. The number of nitrogens with two attached hydrogens (primary N) is 1. The molecular weight excluding hydrogens is 290 g/mol. The molecule has 1 saturated carbocycles. The molecule has 0 unspecified atom stereocenters. The first kappa shape index (κ1) is 17.3. The number of nitrogens with one attached hydrogen (secondary N) is 1. The van der Waals surface area contributed by atoms with Crippen LogP contribution in [0.25, 0.3) is 0 Å². The molecule has 0 saturated heterocycles. The third-order valence-corrected chi connectivity index (χ3v) is 4.67. The summed E-state index contributed by atoms with van der Waals surface area (Å²) in [5.41, 5.74) is 6.04. The van der Waals surface area contributed by atoms with Crippen molar-refractivity contribution in [2.75, 3.05) is 18.8 Å². The van der Waals surface area contributed by atoms with Crippen LogP contribution in [0.5, 0.6) is 0 Å². The summed E-state index contributed by atoms with van der Waals surface area (Å²) in [6, 6.07) is 6.87. The fourth-order valence-electron chi connectivity index (χ4n) is 3.33. The second-order valence-electron chi connectivity index (χ2n) is 6.20. The summed E-state index contributed by atoms with van der Waals surface area (Å²) in [6.07, 6.45) is 4.45. The van der Waals surface area contributed by atoms with Crippen molar-refractivity contribution >= 4 is 17.5 Å². The van der Waals surface area contributed by atoms with Crippen molar-refractivity contribution in [1.29, 1.82) is 0 Å². The number of anilines is 1. The Hall–Kier alpha value is -2.04. The molecule has 0 aliphatic heterocycles. The summed E-state index contributed by atoms with van der Waals surface area (Å²) in [5.74, 6) is -0.181. The highest BCUT2D eigenvalue weighted by Gasteiger charge is 2.42. The second-order valence-corrected chi connectivity index (χ2v) is 6.20. The van der Waals surface area contributed by atoms with Gasteiger partial charge in [0.25, 0.3) is 5.91 Å². The van der Waals surface area contributed by atoms with Crippen molar-refractivity contribution in [2.24, 2.45) is 0 Å². The van der Waals surface area contributed by atoms with Gasteiger partial charge in [0.1, 0.15) is 5.54 Å². The first-order chi connectivity index (χ1) is 11.0. The minimum Gasteiger partial charge on any atom is -0.399 e. The molecule has 5 nitrogen and oxygen atoms in total. The zero-order valence-electron chi connectivity index (χ0n) is 14.1. The molecule has 0 bridgehead atoms. The van der Waals surface area contributed by atoms with Crippen LogP contribution in [0.1, 0.15) is 56.3 Å². The van der Waals surface area contributed by atoms with Gasteiger partial charge in [0.05, 0.1) is 0 Å². The number of hydrogen-bond donors (Lipinski definition) is 2. The molecule has 0 heterocycles. The molecule has 1 aromatic rings. The standard InChI is InChI=1S/C18H27N3O2/c1-3-21(4-2)17(23)18(11-6-5-7-12-18)20-16(22)14-9-8-10-15(19)13-14/h8-10,13H,3-7,11-12,19H2,1-2H3,(H,20,22). The molecule has 1 aromatic carbocycles. The number of benzene rings is 1. The zero-order valence-corrected chi connectivity index (χ0v) is 14.1. The first-order valence-electron chi connectivity index (χ1n) is 8.50. The number of likely N-dealkylation sites (N-methyl/N-ethyl adjacent to an activating group) is 1. The molecule has 1 aliphatic carbocycles. The van der Waals surface area contributed by atoms with Gasteiger partial charge in [-0.25, -0.2) is 0 Å². The van der Waals surface area contributed by atoms with Gasteiger partial charge in [-0.2, -0.15) is 0 Å². The Morgan fingerprint density at radius 2 is 1.83 bits per heavy atom. The molecule has 2 amide bonds. The highest BCUT2D eigenvalue weighted by molar-refractivity contribution is 5.99. The van der Waals surface area contributed by atoms with Gasteiger partial charge in [-0.15, -0.1) is 0 Å². The lowest BCUT2D eigenvalue weighted by atomic mass is 9.80. The fourth-order valence-corrected chi connectivity index (χ4v) is 3.33. The molecule has 3 N–H and O–H groups in total. The van der Waals surface area contributed by atoms with E-state index in [0.29, 0.717) is 37.2 Å². The van der Waals surface area contributed by atoms with Gasteiger partial charge < -0.3 is 16.0 Å². The van der Waals surface area contributed by atoms with E-state index in [2.05, 4.69) is 5.32 Å². The number of carbonyl (C=O) groups excluding carboxylic acids is 2. The van der Waals surface area contributed by atoms with Crippen LogP contribution in [-0.4, -0.2) is 35.3 Å². The highest BCUT2D eigenvalue weighted by atomic mass is 16.2. The monoisotopic (exact) mass is 317 g/mol. The van der Waals surface area contributed by atoms with E-state index in [9.17, 15) is 9.59 Å². The van der Waals surface area contributed by atoms with Gasteiger partial charge in [0.15, 0.2) is 0 Å². The van der Waals surface area contributed by atoms with Crippen molar-refractivity contribution < 1.29 is 9.59 Å². The maximum Gasteiger partial charge on any atom is 0.252 e. The van der Waals surface area contributed by atoms with E-state index in [4.69, 9.17) is 5.73 Å². The molecule has 1 aliphatic rings. The summed E-state index contributed by atoms with van der Waals surface area (Å²) < 4.78 is 0. The Labute approximate surface area is 138 Å². The molecule has 23 heavy (non-hydrogen) atoms. The van der Waals surface area contributed by atoms with Crippen molar-refractivity contribution in [3.05, 3.63) is 29.8 Å². The molecule has 1 fully saturated rings. The average molecular weight is 317 g/mol. The number of rotatable bonds is 5. The maximum absolute atomic E-state index is 13.0. The zero-order chi connectivity index (χ0) is 16.9. The molecule has 0 atom stereocenters. The summed E-state index contributed by atoms with van der Waals surface area (Å²) in [5, 5.41) is 3.04. The van der Waals surface area contributed by atoms with E-state index in [1.54, 1.807) is 24.3 Å². The van der Waals surface area contributed by atoms with Gasteiger partial charge in [-0.3, -0.25) is 9.59 Å². The summed E-state index contributed by atoms with van der Waals surface area (Å²) in [7, 11) is 0. The van der Waals surface area contributed by atoms with E-state index in [1.165, 1.54) is 0 Å². The lowest BCUT2D eigenvalue weighted by molar-refractivity contribution is -0.139. The first-order valence-corrected chi connectivity index (χ1v) is 8.50. The van der Waals surface area contributed by atoms with E-state index in [-0.39, 0.29) is 11.8 Å². The summed E-state index contributed by atoms with van der Waals surface area (Å²) >= 11 is 0. The van der Waals surface area contributed by atoms with Crippen molar-refractivity contribution in [2.45, 2.75) is 51.5 Å². The number of hydrogen-bond acceptors (Lipinski definition) is 3. The molecule has 0 spiro atoms. The molecule has 0 radical (unpaired) electrons. The molecule has 126 valence electrons. The lowest BCUT2D eigenvalue weighted by Gasteiger charge is -2.40. The molecular formula is C18H27N3O2. The van der Waals surface area contributed by atoms with Crippen LogP contribution in [0.15, 0.2) is 24.3 Å². The number of amides is 2. The van der Waals surface area contributed by atoms with Gasteiger partial charge in [-0.05, 0) is 44.9 Å².